The molecule has 2 aromatic carbocycles. The summed E-state index contributed by atoms with van der Waals surface area (Å²) in [5.74, 6) is 2.08. The maximum absolute atomic E-state index is 6.44. The van der Waals surface area contributed by atoms with E-state index < -0.39 is 0 Å². The molecular weight excluding hydrogens is 357 g/mol. The summed E-state index contributed by atoms with van der Waals surface area (Å²) in [4.78, 5) is 0. The molecule has 25 heavy (non-hydrogen) atoms. The monoisotopic (exact) mass is 377 g/mol. The highest BCUT2D eigenvalue weighted by molar-refractivity contribution is 6.36. The van der Waals surface area contributed by atoms with Crippen molar-refractivity contribution in [2.75, 3.05) is 19.7 Å². The van der Waals surface area contributed by atoms with Gasteiger partial charge in [0.15, 0.2) is 11.5 Å². The number of benzene rings is 2. The fraction of sp³-hybridized carbons (Fsp3) is 0.400. The Kier molecular flexibility index (Phi) is 4.81. The van der Waals surface area contributed by atoms with E-state index in [2.05, 4.69) is 18.3 Å². The Bertz CT molecular complexity index is 794. The molecule has 2 aliphatic rings. The van der Waals surface area contributed by atoms with Gasteiger partial charge in [-0.15, -0.1) is 0 Å². The number of rotatable bonds is 4. The van der Waals surface area contributed by atoms with Crippen LogP contribution in [-0.2, 0) is 0 Å². The first kappa shape index (κ1) is 17.0. The molecule has 2 heterocycles. The van der Waals surface area contributed by atoms with Gasteiger partial charge in [-0.2, -0.15) is 0 Å². The fourth-order valence-electron chi connectivity index (χ4n) is 3.66. The summed E-state index contributed by atoms with van der Waals surface area (Å²) in [7, 11) is 0. The molecule has 0 aromatic heterocycles. The predicted molar refractivity (Wildman–Crippen MR) is 102 cm³/mol. The van der Waals surface area contributed by atoms with Crippen molar-refractivity contribution < 1.29 is 9.47 Å². The zero-order valence-electron chi connectivity index (χ0n) is 14.1. The number of hydrogen-bond donors (Lipinski definition) is 1. The second-order valence-corrected chi connectivity index (χ2v) is 7.46. The Labute approximate surface area is 158 Å². The molecule has 0 spiro atoms. The van der Waals surface area contributed by atoms with Crippen LogP contribution in [0.25, 0.3) is 11.1 Å². The maximum Gasteiger partial charge on any atom is 0.165 e. The van der Waals surface area contributed by atoms with Crippen LogP contribution < -0.4 is 14.8 Å². The van der Waals surface area contributed by atoms with Gasteiger partial charge in [-0.05, 0) is 49.2 Å². The van der Waals surface area contributed by atoms with E-state index in [9.17, 15) is 0 Å². The third kappa shape index (κ3) is 3.21. The average molecular weight is 378 g/mol. The summed E-state index contributed by atoms with van der Waals surface area (Å²) < 4.78 is 12.3. The minimum absolute atomic E-state index is 0.233. The van der Waals surface area contributed by atoms with E-state index >= 15 is 0 Å². The Balaban J connectivity index is 1.81. The van der Waals surface area contributed by atoms with Gasteiger partial charge >= 0.3 is 0 Å². The number of hydrogen-bond acceptors (Lipinski definition) is 3. The summed E-state index contributed by atoms with van der Waals surface area (Å²) in [6.45, 7) is 4.70. The molecule has 0 amide bonds. The number of ether oxygens (including phenoxy) is 2. The molecule has 1 fully saturated rings. The van der Waals surface area contributed by atoms with E-state index in [1.165, 1.54) is 5.56 Å². The number of fused-ring (bicyclic) bond motifs is 3. The molecule has 3 nitrogen and oxygen atoms in total. The highest BCUT2D eigenvalue weighted by atomic mass is 35.5. The van der Waals surface area contributed by atoms with E-state index in [1.807, 2.05) is 18.2 Å². The maximum atomic E-state index is 6.44. The molecule has 1 N–H and O–H groups in total. The molecule has 5 heteroatoms. The summed E-state index contributed by atoms with van der Waals surface area (Å²) in [5, 5.41) is 4.75. The number of halogens is 2. The summed E-state index contributed by atoms with van der Waals surface area (Å²) >= 11 is 12.5. The van der Waals surface area contributed by atoms with Crippen molar-refractivity contribution in [2.45, 2.75) is 31.8 Å². The first-order chi connectivity index (χ1) is 12.2. The molecule has 0 saturated carbocycles. The Morgan fingerprint density at radius 1 is 1.24 bits per heavy atom. The first-order valence-corrected chi connectivity index (χ1v) is 9.56. The lowest BCUT2D eigenvalue weighted by Crippen LogP contribution is -2.37. The van der Waals surface area contributed by atoms with Crippen molar-refractivity contribution in [2.24, 2.45) is 0 Å². The van der Waals surface area contributed by atoms with Crippen molar-refractivity contribution >= 4 is 23.2 Å². The first-order valence-electron chi connectivity index (χ1n) is 8.81. The smallest absolute Gasteiger partial charge is 0.165 e. The van der Waals surface area contributed by atoms with Crippen LogP contribution in [0.5, 0.6) is 11.5 Å². The Morgan fingerprint density at radius 2 is 2.12 bits per heavy atom. The van der Waals surface area contributed by atoms with Gasteiger partial charge in [0.05, 0.1) is 6.61 Å². The average Bonchev–Trinajstić information content (AvgIpc) is 2.98. The summed E-state index contributed by atoms with van der Waals surface area (Å²) in [6.07, 6.45) is 2.20. The van der Waals surface area contributed by atoms with Gasteiger partial charge in [0.1, 0.15) is 6.10 Å². The van der Waals surface area contributed by atoms with E-state index in [0.717, 1.165) is 48.6 Å². The summed E-state index contributed by atoms with van der Waals surface area (Å²) in [6, 6.07) is 9.83. The minimum Gasteiger partial charge on any atom is -0.490 e. The van der Waals surface area contributed by atoms with Gasteiger partial charge in [-0.1, -0.05) is 36.2 Å². The molecule has 2 aromatic rings. The van der Waals surface area contributed by atoms with E-state index in [1.54, 1.807) is 6.07 Å². The lowest BCUT2D eigenvalue weighted by Gasteiger charge is -2.24. The van der Waals surface area contributed by atoms with Crippen LogP contribution in [0, 0.1) is 0 Å². The molecule has 4 rings (SSSR count). The van der Waals surface area contributed by atoms with Crippen molar-refractivity contribution in [3.05, 3.63) is 45.9 Å². The molecule has 0 bridgehead atoms. The fourth-order valence-corrected chi connectivity index (χ4v) is 4.18. The third-order valence-corrected chi connectivity index (χ3v) is 5.42. The second-order valence-electron chi connectivity index (χ2n) is 6.62. The molecule has 0 radical (unpaired) electrons. The van der Waals surface area contributed by atoms with Crippen molar-refractivity contribution in [3.8, 4) is 22.6 Å². The van der Waals surface area contributed by atoms with Crippen LogP contribution in [-0.4, -0.2) is 25.8 Å². The van der Waals surface area contributed by atoms with Gasteiger partial charge in [0.25, 0.3) is 0 Å². The van der Waals surface area contributed by atoms with Crippen molar-refractivity contribution in [1.82, 2.24) is 5.32 Å². The SMILES string of the molecule is CCCOc1cc(-c2ccc(Cl)cc2Cl)cc2c1OC1CCNCC21. The number of nitrogens with one attached hydrogen (secondary N) is 1. The van der Waals surface area contributed by atoms with E-state index in [-0.39, 0.29) is 6.10 Å². The van der Waals surface area contributed by atoms with E-state index in [0.29, 0.717) is 22.6 Å². The normalized spacial score (nSPS) is 21.4. The lowest BCUT2D eigenvalue weighted by molar-refractivity contribution is 0.165. The highest BCUT2D eigenvalue weighted by Gasteiger charge is 2.38. The van der Waals surface area contributed by atoms with Crippen molar-refractivity contribution in [3.63, 3.8) is 0 Å². The van der Waals surface area contributed by atoms with Gasteiger partial charge in [0.2, 0.25) is 0 Å². The lowest BCUT2D eigenvalue weighted by atomic mass is 9.89. The molecule has 0 aliphatic carbocycles. The predicted octanol–water partition coefficient (Wildman–Crippen LogP) is 5.29. The summed E-state index contributed by atoms with van der Waals surface area (Å²) in [5.41, 5.74) is 3.22. The van der Waals surface area contributed by atoms with Crippen LogP contribution in [0.15, 0.2) is 30.3 Å². The van der Waals surface area contributed by atoms with Gasteiger partial charge in [-0.25, -0.2) is 0 Å². The van der Waals surface area contributed by atoms with Gasteiger partial charge in [0, 0.05) is 33.6 Å². The molecule has 2 atom stereocenters. The van der Waals surface area contributed by atoms with Gasteiger partial charge in [-0.3, -0.25) is 0 Å². The van der Waals surface area contributed by atoms with Crippen LogP contribution in [0.2, 0.25) is 10.0 Å². The van der Waals surface area contributed by atoms with Gasteiger partial charge < -0.3 is 14.8 Å². The van der Waals surface area contributed by atoms with Crippen LogP contribution in [0.1, 0.15) is 31.2 Å². The topological polar surface area (TPSA) is 30.5 Å². The van der Waals surface area contributed by atoms with Crippen LogP contribution in [0.4, 0.5) is 0 Å². The molecular formula is C20H21Cl2NO2. The minimum atomic E-state index is 0.233. The third-order valence-electron chi connectivity index (χ3n) is 4.87. The van der Waals surface area contributed by atoms with Crippen LogP contribution in [0.3, 0.4) is 0 Å². The zero-order valence-corrected chi connectivity index (χ0v) is 15.7. The molecule has 132 valence electrons. The number of piperidine rings is 1. The van der Waals surface area contributed by atoms with Crippen molar-refractivity contribution in [1.29, 1.82) is 0 Å². The Morgan fingerprint density at radius 3 is 2.92 bits per heavy atom. The van der Waals surface area contributed by atoms with E-state index in [4.69, 9.17) is 32.7 Å². The zero-order chi connectivity index (χ0) is 17.4. The highest BCUT2D eigenvalue weighted by Crippen LogP contribution is 2.49. The quantitative estimate of drug-likeness (QED) is 0.785. The van der Waals surface area contributed by atoms with Crippen LogP contribution >= 0.6 is 23.2 Å². The Hall–Kier alpha value is -1.42. The molecule has 2 aliphatic heterocycles. The standard InChI is InChI=1S/C20H21Cl2NO2/c1-2-7-24-19-9-12(14-4-3-13(21)10-17(14)22)8-15-16-11-23-6-5-18(16)25-20(15)19/h3-4,8-10,16,18,23H,2,5-7,11H2,1H3. The second kappa shape index (κ2) is 7.06. The largest absolute Gasteiger partial charge is 0.490 e. The molecule has 1 saturated heterocycles. The molecule has 2 unspecified atom stereocenters.